The summed E-state index contributed by atoms with van der Waals surface area (Å²) in [7, 11) is 1.60. The van der Waals surface area contributed by atoms with E-state index in [-0.39, 0.29) is 17.3 Å². The Bertz CT molecular complexity index is 804. The number of nitrogens with zero attached hydrogens (tertiary/aromatic N) is 3. The van der Waals surface area contributed by atoms with Crippen molar-refractivity contribution in [2.45, 2.75) is 32.5 Å². The van der Waals surface area contributed by atoms with Gasteiger partial charge in [0.2, 0.25) is 0 Å². The van der Waals surface area contributed by atoms with Crippen LogP contribution < -0.4 is 5.56 Å². The number of ether oxygens (including phenoxy) is 2. The number of carbonyl (C=O) groups excluding carboxylic acids is 1. The van der Waals surface area contributed by atoms with E-state index in [4.69, 9.17) is 9.47 Å². The molecule has 0 aliphatic carbocycles. The zero-order chi connectivity index (χ0) is 17.7. The number of aryl methyl sites for hydroxylation is 2. The van der Waals surface area contributed by atoms with Gasteiger partial charge in [-0.25, -0.2) is 4.98 Å². The minimum atomic E-state index is -0.344. The molecule has 130 valence electrons. The molecule has 2 rings (SSSR count). The first-order valence-electron chi connectivity index (χ1n) is 7.64. The van der Waals surface area contributed by atoms with Gasteiger partial charge in [0.25, 0.3) is 5.56 Å². The second-order valence-corrected chi connectivity index (χ2v) is 6.16. The maximum atomic E-state index is 12.4. The van der Waals surface area contributed by atoms with Crippen LogP contribution >= 0.6 is 11.8 Å². The molecule has 2 heterocycles. The molecule has 2 aromatic rings. The lowest BCUT2D eigenvalue weighted by atomic mass is 10.2. The van der Waals surface area contributed by atoms with Gasteiger partial charge in [0, 0.05) is 19.3 Å². The molecule has 0 amide bonds. The van der Waals surface area contributed by atoms with E-state index in [9.17, 15) is 9.59 Å². The zero-order valence-electron chi connectivity index (χ0n) is 14.3. The highest BCUT2D eigenvalue weighted by molar-refractivity contribution is 7.99. The zero-order valence-corrected chi connectivity index (χ0v) is 15.1. The lowest BCUT2D eigenvalue weighted by molar-refractivity contribution is -0.139. The molecule has 0 unspecified atom stereocenters. The molecule has 0 atom stereocenters. The van der Waals surface area contributed by atoms with Gasteiger partial charge in [0.1, 0.15) is 5.65 Å². The van der Waals surface area contributed by atoms with Crippen molar-refractivity contribution in [3.05, 3.63) is 27.7 Å². The van der Waals surface area contributed by atoms with Gasteiger partial charge in [-0.1, -0.05) is 11.8 Å². The summed E-state index contributed by atoms with van der Waals surface area (Å²) in [5.41, 5.74) is 1.88. The van der Waals surface area contributed by atoms with Crippen molar-refractivity contribution < 1.29 is 14.3 Å². The molecular weight excluding hydrogens is 330 g/mol. The van der Waals surface area contributed by atoms with Crippen LogP contribution in [0.1, 0.15) is 18.2 Å². The fourth-order valence-electron chi connectivity index (χ4n) is 2.39. The van der Waals surface area contributed by atoms with Crippen LogP contribution in [0.15, 0.2) is 16.0 Å². The van der Waals surface area contributed by atoms with Crippen LogP contribution in [0.5, 0.6) is 0 Å². The molecule has 0 fully saturated rings. The average molecular weight is 351 g/mol. The van der Waals surface area contributed by atoms with Gasteiger partial charge in [-0.2, -0.15) is 4.98 Å². The highest BCUT2D eigenvalue weighted by atomic mass is 32.2. The fraction of sp³-hybridized carbons (Fsp3) is 0.500. The number of rotatable bonds is 7. The van der Waals surface area contributed by atoms with Crippen LogP contribution in [0.3, 0.4) is 0 Å². The molecule has 0 spiro atoms. The van der Waals surface area contributed by atoms with Crippen molar-refractivity contribution in [3.8, 4) is 0 Å². The maximum Gasteiger partial charge on any atom is 0.316 e. The molecule has 0 aromatic carbocycles. The first-order valence-corrected chi connectivity index (χ1v) is 8.62. The number of aromatic nitrogens is 3. The van der Waals surface area contributed by atoms with E-state index in [0.29, 0.717) is 35.9 Å². The summed E-state index contributed by atoms with van der Waals surface area (Å²) in [6.07, 6.45) is 0. The summed E-state index contributed by atoms with van der Waals surface area (Å²) in [5, 5.41) is 0.937. The van der Waals surface area contributed by atoms with Gasteiger partial charge in [-0.15, -0.1) is 0 Å². The quantitative estimate of drug-likeness (QED) is 0.426. The fourth-order valence-corrected chi connectivity index (χ4v) is 3.20. The van der Waals surface area contributed by atoms with Crippen molar-refractivity contribution in [2.75, 3.05) is 26.1 Å². The number of hydrogen-bond donors (Lipinski definition) is 0. The minimum Gasteiger partial charge on any atom is -0.465 e. The van der Waals surface area contributed by atoms with Gasteiger partial charge in [0.05, 0.1) is 24.4 Å². The van der Waals surface area contributed by atoms with E-state index in [2.05, 4.69) is 9.97 Å². The molecule has 7 nitrogen and oxygen atoms in total. The van der Waals surface area contributed by atoms with Crippen LogP contribution in [0.2, 0.25) is 0 Å². The number of fused-ring (bicyclic) bond motifs is 1. The highest BCUT2D eigenvalue weighted by Gasteiger charge is 2.16. The Balaban J connectivity index is 2.53. The Morgan fingerprint density at radius 2 is 2.08 bits per heavy atom. The third kappa shape index (κ3) is 4.12. The average Bonchev–Trinajstić information content (AvgIpc) is 2.51. The normalized spacial score (nSPS) is 11.0. The second kappa shape index (κ2) is 8.25. The van der Waals surface area contributed by atoms with Gasteiger partial charge >= 0.3 is 5.97 Å². The number of methoxy groups -OCH3 is 1. The molecule has 0 saturated heterocycles. The molecule has 0 bridgehead atoms. The second-order valence-electron chi connectivity index (χ2n) is 5.22. The van der Waals surface area contributed by atoms with Crippen molar-refractivity contribution in [2.24, 2.45) is 0 Å². The lowest BCUT2D eigenvalue weighted by Crippen LogP contribution is -2.21. The van der Waals surface area contributed by atoms with E-state index in [0.717, 1.165) is 11.3 Å². The first-order chi connectivity index (χ1) is 11.5. The van der Waals surface area contributed by atoms with Gasteiger partial charge in [-0.05, 0) is 32.4 Å². The molecule has 0 saturated carbocycles. The van der Waals surface area contributed by atoms with Crippen molar-refractivity contribution >= 4 is 28.8 Å². The largest absolute Gasteiger partial charge is 0.465 e. The third-order valence-corrected chi connectivity index (χ3v) is 4.32. The Labute approximate surface area is 144 Å². The SMILES string of the molecule is CCOC(=O)CSc1nc(=O)c2c(C)cc(C)nc2n1CCOC. The Kier molecular flexibility index (Phi) is 6.33. The van der Waals surface area contributed by atoms with Crippen molar-refractivity contribution in [1.29, 1.82) is 0 Å². The van der Waals surface area contributed by atoms with E-state index >= 15 is 0 Å². The molecule has 24 heavy (non-hydrogen) atoms. The monoisotopic (exact) mass is 351 g/mol. The summed E-state index contributed by atoms with van der Waals surface area (Å²) < 4.78 is 11.9. The summed E-state index contributed by atoms with van der Waals surface area (Å²) in [6, 6.07) is 1.86. The van der Waals surface area contributed by atoms with Gasteiger partial charge in [-0.3, -0.25) is 9.59 Å². The summed E-state index contributed by atoms with van der Waals surface area (Å²) in [4.78, 5) is 32.7. The Morgan fingerprint density at radius 1 is 1.33 bits per heavy atom. The number of thioether (sulfide) groups is 1. The Morgan fingerprint density at radius 3 is 2.75 bits per heavy atom. The van der Waals surface area contributed by atoms with Crippen molar-refractivity contribution in [1.82, 2.24) is 14.5 Å². The lowest BCUT2D eigenvalue weighted by Gasteiger charge is -2.15. The van der Waals surface area contributed by atoms with Crippen LogP contribution in [0, 0.1) is 13.8 Å². The van der Waals surface area contributed by atoms with Crippen LogP contribution in [0.25, 0.3) is 11.0 Å². The number of pyridine rings is 1. The summed E-state index contributed by atoms with van der Waals surface area (Å²) in [5.74, 6) is -0.257. The van der Waals surface area contributed by atoms with Crippen LogP contribution in [-0.4, -0.2) is 46.6 Å². The summed E-state index contributed by atoms with van der Waals surface area (Å²) in [6.45, 7) is 6.75. The topological polar surface area (TPSA) is 83.3 Å². The summed E-state index contributed by atoms with van der Waals surface area (Å²) >= 11 is 1.17. The standard InChI is InChI=1S/C16H21N3O4S/c1-5-23-12(20)9-24-16-18-15(21)13-10(2)8-11(3)17-14(13)19(16)6-7-22-4/h8H,5-7,9H2,1-4H3. The number of carbonyl (C=O) groups is 1. The third-order valence-electron chi connectivity index (χ3n) is 3.37. The van der Waals surface area contributed by atoms with Crippen molar-refractivity contribution in [3.63, 3.8) is 0 Å². The van der Waals surface area contributed by atoms with Gasteiger partial charge in [0.15, 0.2) is 5.16 Å². The van der Waals surface area contributed by atoms with Gasteiger partial charge < -0.3 is 14.0 Å². The molecule has 0 radical (unpaired) electrons. The van der Waals surface area contributed by atoms with Crippen LogP contribution in [0.4, 0.5) is 0 Å². The van der Waals surface area contributed by atoms with E-state index in [1.54, 1.807) is 14.0 Å². The Hall–Kier alpha value is -1.93. The predicted molar refractivity (Wildman–Crippen MR) is 92.5 cm³/mol. The molecule has 2 aromatic heterocycles. The molecule has 0 N–H and O–H groups in total. The number of hydrogen-bond acceptors (Lipinski definition) is 7. The van der Waals surface area contributed by atoms with E-state index in [1.807, 2.05) is 24.5 Å². The highest BCUT2D eigenvalue weighted by Crippen LogP contribution is 2.21. The maximum absolute atomic E-state index is 12.4. The first kappa shape index (κ1) is 18.4. The van der Waals surface area contributed by atoms with Crippen LogP contribution in [-0.2, 0) is 20.8 Å². The molecule has 0 aliphatic rings. The predicted octanol–water partition coefficient (Wildman–Crippen LogP) is 1.71. The van der Waals surface area contributed by atoms with E-state index in [1.165, 1.54) is 11.8 Å². The smallest absolute Gasteiger partial charge is 0.316 e. The molecular formula is C16H21N3O4S. The minimum absolute atomic E-state index is 0.0869. The van der Waals surface area contributed by atoms with E-state index < -0.39 is 0 Å². The number of esters is 1. The molecule has 8 heteroatoms. The molecule has 0 aliphatic heterocycles.